The minimum Gasteiger partial charge on any atom is -0.478 e. The molecule has 1 aliphatic heterocycles. The molecule has 6 nitrogen and oxygen atoms in total. The van der Waals surface area contributed by atoms with E-state index in [-0.39, 0.29) is 37.6 Å². The monoisotopic (exact) mass is 386 g/mol. The third-order valence-corrected chi connectivity index (χ3v) is 4.74. The summed E-state index contributed by atoms with van der Waals surface area (Å²) in [6, 6.07) is 3.46. The molecule has 3 N–H and O–H groups in total. The number of aryl methyl sites for hydroxylation is 1. The predicted molar refractivity (Wildman–Crippen MR) is 103 cm³/mol. The lowest BCUT2D eigenvalue weighted by Crippen LogP contribution is -2.27. The van der Waals surface area contributed by atoms with E-state index in [2.05, 4.69) is 10.3 Å². The molecule has 1 aromatic rings. The van der Waals surface area contributed by atoms with Gasteiger partial charge in [0.25, 0.3) is 0 Å². The zero-order valence-corrected chi connectivity index (χ0v) is 16.3. The average Bonchev–Trinajstić information content (AvgIpc) is 2.64. The molecule has 1 fully saturated rings. The molecule has 1 atom stereocenters. The number of hydrogen-bond donors (Lipinski definition) is 3. The normalized spacial score (nSPS) is 16.0. The Bertz CT molecular complexity index is 550. The van der Waals surface area contributed by atoms with Crippen molar-refractivity contribution in [2.24, 2.45) is 5.92 Å². The number of aliphatic hydroxyl groups excluding tert-OH is 2. The molecule has 1 saturated heterocycles. The van der Waals surface area contributed by atoms with Crippen molar-refractivity contribution in [3.05, 3.63) is 23.4 Å². The van der Waals surface area contributed by atoms with Crippen LogP contribution in [0.5, 0.6) is 5.88 Å². The van der Waals surface area contributed by atoms with Crippen molar-refractivity contribution < 1.29 is 19.7 Å². The average molecular weight is 387 g/mol. The molecule has 148 valence electrons. The van der Waals surface area contributed by atoms with Crippen LogP contribution < -0.4 is 10.1 Å². The maximum Gasteiger partial charge on any atom is 0.213 e. The number of aliphatic hydroxyl groups is 2. The van der Waals surface area contributed by atoms with Gasteiger partial charge in [0.2, 0.25) is 5.88 Å². The Balaban J connectivity index is 0.00000338. The number of ether oxygens (including phenoxy) is 1. The van der Waals surface area contributed by atoms with Crippen LogP contribution in [0.2, 0.25) is 0 Å². The fourth-order valence-electron chi connectivity index (χ4n) is 3.16. The molecule has 2 heterocycles. The van der Waals surface area contributed by atoms with Gasteiger partial charge in [-0.15, -0.1) is 12.4 Å². The molecule has 0 aromatic carbocycles. The van der Waals surface area contributed by atoms with E-state index in [9.17, 15) is 9.90 Å². The minimum atomic E-state index is -0.847. The first kappa shape index (κ1) is 22.8. The van der Waals surface area contributed by atoms with Gasteiger partial charge in [-0.05, 0) is 64.1 Å². The Morgan fingerprint density at radius 2 is 2.12 bits per heavy atom. The van der Waals surface area contributed by atoms with Crippen molar-refractivity contribution >= 4 is 18.2 Å². The zero-order valence-electron chi connectivity index (χ0n) is 15.4. The fourth-order valence-corrected chi connectivity index (χ4v) is 3.16. The highest BCUT2D eigenvalue weighted by Crippen LogP contribution is 2.19. The second kappa shape index (κ2) is 12.2. The number of hydrogen-bond acceptors (Lipinski definition) is 6. The van der Waals surface area contributed by atoms with Gasteiger partial charge in [0.05, 0.1) is 25.0 Å². The Morgan fingerprint density at radius 1 is 1.38 bits per heavy atom. The van der Waals surface area contributed by atoms with E-state index in [0.717, 1.165) is 25.4 Å². The molecule has 1 aromatic heterocycles. The third-order valence-electron chi connectivity index (χ3n) is 4.74. The molecule has 0 bridgehead atoms. The van der Waals surface area contributed by atoms with Crippen LogP contribution in [-0.4, -0.2) is 53.4 Å². The lowest BCUT2D eigenvalue weighted by Gasteiger charge is -2.22. The van der Waals surface area contributed by atoms with E-state index >= 15 is 0 Å². The van der Waals surface area contributed by atoms with Crippen LogP contribution in [0.1, 0.15) is 54.6 Å². The summed E-state index contributed by atoms with van der Waals surface area (Å²) in [7, 11) is 0. The van der Waals surface area contributed by atoms with Gasteiger partial charge in [-0.2, -0.15) is 0 Å². The molecule has 7 heteroatoms. The summed E-state index contributed by atoms with van der Waals surface area (Å²) in [4.78, 5) is 16.5. The zero-order chi connectivity index (χ0) is 18.1. The smallest absolute Gasteiger partial charge is 0.213 e. The highest BCUT2D eigenvalue weighted by atomic mass is 35.5. The number of carbonyl (C=O) groups is 1. The molecule has 26 heavy (non-hydrogen) atoms. The van der Waals surface area contributed by atoms with E-state index in [1.54, 1.807) is 19.1 Å². The summed E-state index contributed by atoms with van der Waals surface area (Å²) < 4.78 is 5.72. The number of halogens is 1. The van der Waals surface area contributed by atoms with Gasteiger partial charge >= 0.3 is 0 Å². The number of Topliss-reactive ketones (excluding diaryl/α,β-unsaturated/α-hetero) is 1. The van der Waals surface area contributed by atoms with Gasteiger partial charge in [-0.3, -0.25) is 4.79 Å². The topological polar surface area (TPSA) is 91.7 Å². The lowest BCUT2D eigenvalue weighted by molar-refractivity contribution is 0.0779. The van der Waals surface area contributed by atoms with Crippen LogP contribution in [0, 0.1) is 12.8 Å². The number of nitrogens with zero attached hydrogens (tertiary/aromatic N) is 1. The van der Waals surface area contributed by atoms with Gasteiger partial charge in [-0.25, -0.2) is 4.98 Å². The van der Waals surface area contributed by atoms with E-state index in [1.165, 1.54) is 19.3 Å². The Morgan fingerprint density at radius 3 is 2.77 bits per heavy atom. The molecule has 0 saturated carbocycles. The summed E-state index contributed by atoms with van der Waals surface area (Å²) in [5, 5.41) is 21.5. The van der Waals surface area contributed by atoms with Gasteiger partial charge in [0.1, 0.15) is 0 Å². The lowest BCUT2D eigenvalue weighted by atomic mass is 9.93. The minimum absolute atomic E-state index is 0. The van der Waals surface area contributed by atoms with Gasteiger partial charge in [-0.1, -0.05) is 0 Å². The molecular formula is C19H31ClN2O4. The standard InChI is InChI=1S/C19H30N2O4.ClH/c1-14-17(18(24)6-4-16(23)13-22)5-7-19(21-14)25-12-2-3-15-8-10-20-11-9-15;/h5,7,15-16,20,22-23H,2-4,6,8-13H2,1H3;1H/t16-;/m0./s1. The van der Waals surface area contributed by atoms with Gasteiger partial charge < -0.3 is 20.3 Å². The first-order valence-corrected chi connectivity index (χ1v) is 9.23. The number of carbonyl (C=O) groups excluding carboxylic acids is 1. The number of nitrogens with one attached hydrogen (secondary N) is 1. The highest BCUT2D eigenvalue weighted by molar-refractivity contribution is 5.97. The maximum absolute atomic E-state index is 12.2. The van der Waals surface area contributed by atoms with Crippen LogP contribution in [0.25, 0.3) is 0 Å². The van der Waals surface area contributed by atoms with Crippen LogP contribution in [0.3, 0.4) is 0 Å². The summed E-state index contributed by atoms with van der Waals surface area (Å²) in [6.07, 6.45) is 4.30. The number of piperidine rings is 1. The Kier molecular flexibility index (Phi) is 10.7. The SMILES string of the molecule is Cc1nc(OCCCC2CCNCC2)ccc1C(=O)CC[C@H](O)CO.Cl. The van der Waals surface area contributed by atoms with Crippen LogP contribution in [0.4, 0.5) is 0 Å². The summed E-state index contributed by atoms with van der Waals surface area (Å²) >= 11 is 0. The first-order valence-electron chi connectivity index (χ1n) is 9.23. The summed E-state index contributed by atoms with van der Waals surface area (Å²) in [5.41, 5.74) is 1.19. The highest BCUT2D eigenvalue weighted by Gasteiger charge is 2.14. The van der Waals surface area contributed by atoms with E-state index in [1.807, 2.05) is 0 Å². The van der Waals surface area contributed by atoms with Crippen molar-refractivity contribution in [2.45, 2.75) is 51.6 Å². The van der Waals surface area contributed by atoms with Crippen LogP contribution in [0.15, 0.2) is 12.1 Å². The van der Waals surface area contributed by atoms with Crippen molar-refractivity contribution in [3.63, 3.8) is 0 Å². The second-order valence-corrected chi connectivity index (χ2v) is 6.76. The van der Waals surface area contributed by atoms with E-state index in [4.69, 9.17) is 9.84 Å². The number of pyridine rings is 1. The number of aromatic nitrogens is 1. The van der Waals surface area contributed by atoms with Crippen LogP contribution >= 0.6 is 12.4 Å². The molecule has 0 unspecified atom stereocenters. The Labute approximate surface area is 161 Å². The summed E-state index contributed by atoms with van der Waals surface area (Å²) in [5.74, 6) is 1.28. The third kappa shape index (κ3) is 7.58. The van der Waals surface area contributed by atoms with Crippen molar-refractivity contribution in [1.82, 2.24) is 10.3 Å². The predicted octanol–water partition coefficient (Wildman–Crippen LogP) is 2.29. The van der Waals surface area contributed by atoms with Crippen molar-refractivity contribution in [1.29, 1.82) is 0 Å². The number of rotatable bonds is 10. The van der Waals surface area contributed by atoms with E-state index in [0.29, 0.717) is 23.7 Å². The van der Waals surface area contributed by atoms with Gasteiger partial charge in [0.15, 0.2) is 5.78 Å². The maximum atomic E-state index is 12.2. The van der Waals surface area contributed by atoms with Crippen molar-refractivity contribution in [3.8, 4) is 5.88 Å². The Hall–Kier alpha value is -1.21. The van der Waals surface area contributed by atoms with E-state index < -0.39 is 6.10 Å². The quantitative estimate of drug-likeness (QED) is 0.422. The van der Waals surface area contributed by atoms with Crippen LogP contribution in [-0.2, 0) is 0 Å². The molecule has 1 aliphatic rings. The molecule has 0 aliphatic carbocycles. The summed E-state index contributed by atoms with van der Waals surface area (Å²) in [6.45, 7) is 4.35. The fraction of sp³-hybridized carbons (Fsp3) is 0.684. The largest absolute Gasteiger partial charge is 0.478 e. The van der Waals surface area contributed by atoms with Gasteiger partial charge in [0, 0.05) is 18.1 Å². The first-order chi connectivity index (χ1) is 12.1. The molecular weight excluding hydrogens is 356 g/mol. The molecule has 2 rings (SSSR count). The van der Waals surface area contributed by atoms with Crippen molar-refractivity contribution in [2.75, 3.05) is 26.3 Å². The molecule has 0 spiro atoms. The second-order valence-electron chi connectivity index (χ2n) is 6.76. The molecule has 0 radical (unpaired) electrons. The number of ketones is 1. The molecule has 0 amide bonds.